The Balaban J connectivity index is 1.86. The van der Waals surface area contributed by atoms with Crippen LogP contribution in [0, 0.1) is 0 Å². The van der Waals surface area contributed by atoms with E-state index in [4.69, 9.17) is 35.3 Å². The van der Waals surface area contributed by atoms with Crippen LogP contribution in [-0.4, -0.2) is 27.4 Å². The monoisotopic (exact) mass is 376 g/mol. The Bertz CT molecular complexity index is 778. The minimum Gasteiger partial charge on any atom is -0.493 e. The maximum Gasteiger partial charge on any atom is 0.203 e. The molecule has 0 saturated heterocycles. The lowest BCUT2D eigenvalue weighted by atomic mass is 10.1. The zero-order valence-corrected chi connectivity index (χ0v) is 15.6. The van der Waals surface area contributed by atoms with Gasteiger partial charge in [-0.15, -0.1) is 0 Å². The molecule has 0 unspecified atom stereocenters. The number of ether oxygens (including phenoxy) is 5. The molecular weight excluding hydrogens is 356 g/mol. The fourth-order valence-electron chi connectivity index (χ4n) is 2.68. The van der Waals surface area contributed by atoms with Crippen molar-refractivity contribution in [2.75, 3.05) is 27.4 Å². The van der Waals surface area contributed by atoms with Crippen molar-refractivity contribution in [2.24, 2.45) is 0 Å². The van der Waals surface area contributed by atoms with Gasteiger partial charge in [0, 0.05) is 6.42 Å². The first-order valence-electron chi connectivity index (χ1n) is 8.25. The lowest BCUT2D eigenvalue weighted by molar-refractivity contribution is 0.265. The molecule has 0 radical (unpaired) electrons. The Kier molecular flexibility index (Phi) is 5.78. The van der Waals surface area contributed by atoms with Gasteiger partial charge in [0.05, 0.1) is 32.5 Å². The standard InChI is InChI=1S/C20H21ClO5/c1-4-13-9-16(22-2)20(17(10-13)23-3)26-12-14-8-15(21)19-18(11-14)24-6-5-7-25-19/h4,8-11H,1,5-7,12H2,2-3H3. The topological polar surface area (TPSA) is 46.2 Å². The first kappa shape index (κ1) is 18.3. The van der Waals surface area contributed by atoms with E-state index in [9.17, 15) is 0 Å². The molecule has 1 aliphatic rings. The molecular formula is C20H21ClO5. The van der Waals surface area contributed by atoms with Gasteiger partial charge in [-0.1, -0.05) is 24.3 Å². The fraction of sp³-hybridized carbons (Fsp3) is 0.300. The normalized spacial score (nSPS) is 12.9. The van der Waals surface area contributed by atoms with Gasteiger partial charge in [0.1, 0.15) is 6.61 Å². The predicted octanol–water partition coefficient (Wildman–Crippen LogP) is 4.74. The summed E-state index contributed by atoms with van der Waals surface area (Å²) in [5.74, 6) is 2.87. The Labute approximate surface area is 158 Å². The number of hydrogen-bond acceptors (Lipinski definition) is 5. The van der Waals surface area contributed by atoms with Crippen LogP contribution in [0.4, 0.5) is 0 Å². The minimum absolute atomic E-state index is 0.274. The molecule has 1 aliphatic heterocycles. The molecule has 0 fully saturated rings. The van der Waals surface area contributed by atoms with Crippen LogP contribution in [0.5, 0.6) is 28.7 Å². The van der Waals surface area contributed by atoms with Crippen LogP contribution < -0.4 is 23.7 Å². The van der Waals surface area contributed by atoms with Crippen LogP contribution in [0.3, 0.4) is 0 Å². The van der Waals surface area contributed by atoms with E-state index in [0.29, 0.717) is 47.0 Å². The maximum atomic E-state index is 6.34. The van der Waals surface area contributed by atoms with Crippen LogP contribution in [0.1, 0.15) is 17.5 Å². The number of halogens is 1. The molecule has 0 N–H and O–H groups in total. The van der Waals surface area contributed by atoms with Gasteiger partial charge in [-0.05, 0) is 35.4 Å². The smallest absolute Gasteiger partial charge is 0.203 e. The van der Waals surface area contributed by atoms with Crippen molar-refractivity contribution in [3.63, 3.8) is 0 Å². The van der Waals surface area contributed by atoms with Gasteiger partial charge in [-0.3, -0.25) is 0 Å². The zero-order valence-electron chi connectivity index (χ0n) is 14.8. The summed E-state index contributed by atoms with van der Waals surface area (Å²) in [6.45, 7) is 5.23. The fourth-order valence-corrected chi connectivity index (χ4v) is 2.97. The molecule has 0 aromatic heterocycles. The van der Waals surface area contributed by atoms with E-state index in [-0.39, 0.29) is 6.61 Å². The van der Waals surface area contributed by atoms with Gasteiger partial charge in [0.2, 0.25) is 5.75 Å². The largest absolute Gasteiger partial charge is 0.493 e. The molecule has 0 amide bonds. The van der Waals surface area contributed by atoms with Crippen LogP contribution in [0.25, 0.3) is 6.08 Å². The zero-order chi connectivity index (χ0) is 18.5. The number of rotatable bonds is 6. The Morgan fingerprint density at radius 2 is 1.77 bits per heavy atom. The molecule has 3 rings (SSSR count). The molecule has 0 spiro atoms. The van der Waals surface area contributed by atoms with E-state index < -0.39 is 0 Å². The highest BCUT2D eigenvalue weighted by molar-refractivity contribution is 6.32. The van der Waals surface area contributed by atoms with Crippen molar-refractivity contribution in [2.45, 2.75) is 13.0 Å². The Morgan fingerprint density at radius 3 is 2.42 bits per heavy atom. The lowest BCUT2D eigenvalue weighted by Crippen LogP contribution is -2.02. The number of fused-ring (bicyclic) bond motifs is 1. The second kappa shape index (κ2) is 8.23. The number of methoxy groups -OCH3 is 2. The number of hydrogen-bond donors (Lipinski definition) is 0. The highest BCUT2D eigenvalue weighted by atomic mass is 35.5. The van der Waals surface area contributed by atoms with Gasteiger partial charge >= 0.3 is 0 Å². The average Bonchev–Trinajstić information content (AvgIpc) is 2.91. The van der Waals surface area contributed by atoms with Crippen LogP contribution in [0.2, 0.25) is 5.02 Å². The molecule has 6 heteroatoms. The SMILES string of the molecule is C=Cc1cc(OC)c(OCc2cc(Cl)c3c(c2)OCCCO3)c(OC)c1. The maximum absolute atomic E-state index is 6.34. The van der Waals surface area contributed by atoms with E-state index in [1.807, 2.05) is 24.3 Å². The number of benzene rings is 2. The summed E-state index contributed by atoms with van der Waals surface area (Å²) in [6.07, 6.45) is 2.54. The second-order valence-corrected chi connectivity index (χ2v) is 6.11. The molecule has 0 aliphatic carbocycles. The van der Waals surface area contributed by atoms with Crippen molar-refractivity contribution < 1.29 is 23.7 Å². The third-order valence-electron chi connectivity index (χ3n) is 3.96. The molecule has 0 bridgehead atoms. The summed E-state index contributed by atoms with van der Waals surface area (Å²) in [6, 6.07) is 7.37. The third kappa shape index (κ3) is 3.83. The molecule has 2 aromatic carbocycles. The third-order valence-corrected chi connectivity index (χ3v) is 4.24. The highest BCUT2D eigenvalue weighted by Gasteiger charge is 2.18. The van der Waals surface area contributed by atoms with Gasteiger partial charge in [0.25, 0.3) is 0 Å². The summed E-state index contributed by atoms with van der Waals surface area (Å²) in [7, 11) is 3.16. The van der Waals surface area contributed by atoms with Crippen molar-refractivity contribution in [3.8, 4) is 28.7 Å². The van der Waals surface area contributed by atoms with Gasteiger partial charge in [0.15, 0.2) is 23.0 Å². The molecule has 2 aromatic rings. The summed E-state index contributed by atoms with van der Waals surface area (Å²) < 4.78 is 28.2. The molecule has 0 atom stereocenters. The molecule has 0 saturated carbocycles. The first-order chi connectivity index (χ1) is 12.7. The van der Waals surface area contributed by atoms with E-state index in [1.165, 1.54) is 0 Å². The minimum atomic E-state index is 0.274. The predicted molar refractivity (Wildman–Crippen MR) is 101 cm³/mol. The molecule has 26 heavy (non-hydrogen) atoms. The lowest BCUT2D eigenvalue weighted by Gasteiger charge is -2.16. The van der Waals surface area contributed by atoms with E-state index >= 15 is 0 Å². The molecule has 1 heterocycles. The van der Waals surface area contributed by atoms with Gasteiger partial charge in [-0.25, -0.2) is 0 Å². The Morgan fingerprint density at radius 1 is 1.08 bits per heavy atom. The summed E-state index contributed by atoms with van der Waals surface area (Å²) in [4.78, 5) is 0. The first-order valence-corrected chi connectivity index (χ1v) is 8.63. The van der Waals surface area contributed by atoms with Gasteiger partial charge < -0.3 is 23.7 Å². The summed E-state index contributed by atoms with van der Waals surface area (Å²) in [5, 5.41) is 0.504. The van der Waals surface area contributed by atoms with Crippen LogP contribution >= 0.6 is 11.6 Å². The van der Waals surface area contributed by atoms with E-state index in [0.717, 1.165) is 17.5 Å². The summed E-state index contributed by atoms with van der Waals surface area (Å²) >= 11 is 6.34. The Hall–Kier alpha value is -2.53. The van der Waals surface area contributed by atoms with E-state index in [1.54, 1.807) is 20.3 Å². The second-order valence-electron chi connectivity index (χ2n) is 5.70. The summed E-state index contributed by atoms with van der Waals surface area (Å²) in [5.41, 5.74) is 1.74. The van der Waals surface area contributed by atoms with Gasteiger partial charge in [-0.2, -0.15) is 0 Å². The average molecular weight is 377 g/mol. The van der Waals surface area contributed by atoms with Crippen molar-refractivity contribution >= 4 is 17.7 Å². The van der Waals surface area contributed by atoms with Crippen LogP contribution in [-0.2, 0) is 6.61 Å². The van der Waals surface area contributed by atoms with Crippen molar-refractivity contribution in [3.05, 3.63) is 47.0 Å². The molecule has 138 valence electrons. The van der Waals surface area contributed by atoms with Crippen LogP contribution in [0.15, 0.2) is 30.8 Å². The highest BCUT2D eigenvalue weighted by Crippen LogP contribution is 2.41. The van der Waals surface area contributed by atoms with E-state index in [2.05, 4.69) is 6.58 Å². The van der Waals surface area contributed by atoms with Crippen molar-refractivity contribution in [1.29, 1.82) is 0 Å². The molecule has 5 nitrogen and oxygen atoms in total. The van der Waals surface area contributed by atoms with Crippen molar-refractivity contribution in [1.82, 2.24) is 0 Å². The quantitative estimate of drug-likeness (QED) is 0.728.